The van der Waals surface area contributed by atoms with Crippen LogP contribution in [0.25, 0.3) is 0 Å². The van der Waals surface area contributed by atoms with Crippen LogP contribution < -0.4 is 5.32 Å². The number of nitrogens with one attached hydrogen (secondary N) is 1. The van der Waals surface area contributed by atoms with Crippen LogP contribution in [-0.4, -0.2) is 40.1 Å². The number of hydrogen-bond donors (Lipinski definition) is 1. The van der Waals surface area contributed by atoms with Crippen LogP contribution in [0.5, 0.6) is 0 Å². The minimum atomic E-state index is -0.371. The van der Waals surface area contributed by atoms with Gasteiger partial charge in [-0.25, -0.2) is 4.39 Å². The van der Waals surface area contributed by atoms with Gasteiger partial charge in [0.25, 0.3) is 0 Å². The van der Waals surface area contributed by atoms with Crippen molar-refractivity contribution in [1.29, 1.82) is 0 Å². The number of likely N-dealkylation sites (N-methyl/N-ethyl adjacent to an activating group) is 1. The summed E-state index contributed by atoms with van der Waals surface area (Å²) in [5.74, 6) is -0.394. The molecule has 7 heteroatoms. The van der Waals surface area contributed by atoms with Gasteiger partial charge in [0.2, 0.25) is 11.8 Å². The molecule has 0 aliphatic rings. The molecule has 0 atom stereocenters. The molecule has 1 aromatic heterocycles. The zero-order valence-corrected chi connectivity index (χ0v) is 16.5. The van der Waals surface area contributed by atoms with Crippen LogP contribution in [0.4, 0.5) is 10.1 Å². The van der Waals surface area contributed by atoms with Crippen molar-refractivity contribution in [3.05, 3.63) is 47.0 Å². The highest BCUT2D eigenvalue weighted by molar-refractivity contribution is 5.94. The molecule has 1 aromatic carbocycles. The first-order valence-electron chi connectivity index (χ1n) is 8.99. The van der Waals surface area contributed by atoms with Gasteiger partial charge >= 0.3 is 0 Å². The molecular formula is C20H27FN4O2. The highest BCUT2D eigenvalue weighted by Crippen LogP contribution is 2.16. The van der Waals surface area contributed by atoms with Gasteiger partial charge in [0.15, 0.2) is 0 Å². The summed E-state index contributed by atoms with van der Waals surface area (Å²) in [6.45, 7) is 8.83. The topological polar surface area (TPSA) is 67.2 Å². The zero-order chi connectivity index (χ0) is 20.1. The molecule has 0 aliphatic heterocycles. The Bertz CT molecular complexity index is 812. The second-order valence-corrected chi connectivity index (χ2v) is 7.21. The van der Waals surface area contributed by atoms with Crippen LogP contribution in [0.2, 0.25) is 0 Å². The van der Waals surface area contributed by atoms with Gasteiger partial charge in [0.1, 0.15) is 5.82 Å². The van der Waals surface area contributed by atoms with Crippen LogP contribution in [0.15, 0.2) is 24.3 Å². The van der Waals surface area contributed by atoms with Crippen molar-refractivity contribution in [2.75, 3.05) is 18.9 Å². The molecule has 146 valence electrons. The molecular weight excluding hydrogens is 347 g/mol. The molecule has 1 N–H and O–H groups in total. The number of hydrogen-bond acceptors (Lipinski definition) is 3. The second kappa shape index (κ2) is 8.79. The summed E-state index contributed by atoms with van der Waals surface area (Å²) in [6, 6.07) is 5.49. The highest BCUT2D eigenvalue weighted by atomic mass is 19.1. The summed E-state index contributed by atoms with van der Waals surface area (Å²) in [6.07, 6.45) is 0.204. The lowest BCUT2D eigenvalue weighted by Crippen LogP contribution is -2.36. The summed E-state index contributed by atoms with van der Waals surface area (Å²) >= 11 is 0. The third-order valence-electron chi connectivity index (χ3n) is 4.33. The van der Waals surface area contributed by atoms with E-state index in [4.69, 9.17) is 0 Å². The molecule has 0 radical (unpaired) electrons. The summed E-state index contributed by atoms with van der Waals surface area (Å²) in [4.78, 5) is 26.0. The number of halogens is 1. The van der Waals surface area contributed by atoms with Crippen LogP contribution in [0.3, 0.4) is 0 Å². The van der Waals surface area contributed by atoms with Crippen molar-refractivity contribution in [3.8, 4) is 0 Å². The van der Waals surface area contributed by atoms with E-state index in [1.807, 2.05) is 18.5 Å². The number of rotatable bonds is 7. The smallest absolute Gasteiger partial charge is 0.243 e. The lowest BCUT2D eigenvalue weighted by molar-refractivity contribution is -0.132. The number of nitrogens with zero attached hydrogens (tertiary/aromatic N) is 3. The molecule has 2 aromatic rings. The van der Waals surface area contributed by atoms with Gasteiger partial charge in [0, 0.05) is 30.5 Å². The third kappa shape index (κ3) is 5.64. The fourth-order valence-corrected chi connectivity index (χ4v) is 2.84. The van der Waals surface area contributed by atoms with Crippen LogP contribution in [0, 0.1) is 25.6 Å². The average molecular weight is 374 g/mol. The van der Waals surface area contributed by atoms with E-state index in [2.05, 4.69) is 24.3 Å². The number of carbonyl (C=O) groups excluding carboxylic acids is 2. The van der Waals surface area contributed by atoms with Gasteiger partial charge in [-0.1, -0.05) is 13.8 Å². The van der Waals surface area contributed by atoms with E-state index in [9.17, 15) is 14.0 Å². The van der Waals surface area contributed by atoms with Crippen molar-refractivity contribution in [2.24, 2.45) is 5.92 Å². The van der Waals surface area contributed by atoms with Gasteiger partial charge in [-0.15, -0.1) is 0 Å². The number of anilines is 1. The summed E-state index contributed by atoms with van der Waals surface area (Å²) in [5.41, 5.74) is 3.22. The Morgan fingerprint density at radius 1 is 1.22 bits per heavy atom. The summed E-state index contributed by atoms with van der Waals surface area (Å²) in [5, 5.41) is 7.17. The quantitative estimate of drug-likeness (QED) is 0.810. The van der Waals surface area contributed by atoms with Crippen LogP contribution >= 0.6 is 0 Å². The fourth-order valence-electron chi connectivity index (χ4n) is 2.84. The summed E-state index contributed by atoms with van der Waals surface area (Å²) in [7, 11) is 1.59. The molecule has 0 spiro atoms. The number of amides is 2. The SMILES string of the molecule is Cc1nn(CC(C)C)c(C)c1CC(=O)N(C)CC(=O)Nc1ccc(F)cc1. The number of aromatic nitrogens is 2. The zero-order valence-electron chi connectivity index (χ0n) is 16.5. The Kier molecular flexibility index (Phi) is 6.71. The van der Waals surface area contributed by atoms with Crippen molar-refractivity contribution in [3.63, 3.8) is 0 Å². The Balaban J connectivity index is 1.96. The molecule has 1 heterocycles. The van der Waals surface area contributed by atoms with Crippen LogP contribution in [0.1, 0.15) is 30.8 Å². The molecule has 0 unspecified atom stereocenters. The fraction of sp³-hybridized carbons (Fsp3) is 0.450. The lowest BCUT2D eigenvalue weighted by Gasteiger charge is -2.17. The Morgan fingerprint density at radius 2 is 1.85 bits per heavy atom. The van der Waals surface area contributed by atoms with E-state index in [-0.39, 0.29) is 30.6 Å². The van der Waals surface area contributed by atoms with E-state index >= 15 is 0 Å². The van der Waals surface area contributed by atoms with E-state index in [1.165, 1.54) is 29.2 Å². The van der Waals surface area contributed by atoms with Crippen molar-refractivity contribution < 1.29 is 14.0 Å². The van der Waals surface area contributed by atoms with Crippen molar-refractivity contribution in [2.45, 2.75) is 40.7 Å². The van der Waals surface area contributed by atoms with E-state index < -0.39 is 0 Å². The van der Waals surface area contributed by atoms with E-state index in [0.29, 0.717) is 11.6 Å². The largest absolute Gasteiger partial charge is 0.336 e. The first-order chi connectivity index (χ1) is 12.7. The normalized spacial score (nSPS) is 10.9. The number of carbonyl (C=O) groups is 2. The standard InChI is InChI=1S/C20H27FN4O2/c1-13(2)11-25-15(4)18(14(3)23-25)10-20(27)24(5)12-19(26)22-17-8-6-16(21)7-9-17/h6-9,13H,10-12H2,1-5H3,(H,22,26). The predicted molar refractivity (Wildman–Crippen MR) is 103 cm³/mol. The third-order valence-corrected chi connectivity index (χ3v) is 4.33. The van der Waals surface area contributed by atoms with Gasteiger partial charge in [-0.2, -0.15) is 5.10 Å². The first kappa shape index (κ1) is 20.6. The number of benzene rings is 1. The minimum absolute atomic E-state index is 0.0750. The average Bonchev–Trinajstić information content (AvgIpc) is 2.83. The van der Waals surface area contributed by atoms with Gasteiger partial charge in [-0.05, 0) is 44.0 Å². The van der Waals surface area contributed by atoms with E-state index in [1.54, 1.807) is 7.05 Å². The van der Waals surface area contributed by atoms with Crippen LogP contribution in [-0.2, 0) is 22.6 Å². The molecule has 0 fully saturated rings. The van der Waals surface area contributed by atoms with Gasteiger partial charge in [0.05, 0.1) is 18.7 Å². The maximum absolute atomic E-state index is 12.9. The molecule has 27 heavy (non-hydrogen) atoms. The molecule has 2 rings (SSSR count). The van der Waals surface area contributed by atoms with Gasteiger partial charge in [-0.3, -0.25) is 14.3 Å². The van der Waals surface area contributed by atoms with E-state index in [0.717, 1.165) is 23.5 Å². The predicted octanol–water partition coefficient (Wildman–Crippen LogP) is 2.93. The Labute approximate surface area is 159 Å². The maximum Gasteiger partial charge on any atom is 0.243 e. The maximum atomic E-state index is 12.9. The van der Waals surface area contributed by atoms with Crippen molar-refractivity contribution in [1.82, 2.24) is 14.7 Å². The Morgan fingerprint density at radius 3 is 2.44 bits per heavy atom. The molecule has 0 bridgehead atoms. The molecule has 6 nitrogen and oxygen atoms in total. The van der Waals surface area contributed by atoms with Gasteiger partial charge < -0.3 is 10.2 Å². The second-order valence-electron chi connectivity index (χ2n) is 7.21. The lowest BCUT2D eigenvalue weighted by atomic mass is 10.1. The summed E-state index contributed by atoms with van der Waals surface area (Å²) < 4.78 is 14.8. The highest BCUT2D eigenvalue weighted by Gasteiger charge is 2.19. The molecule has 0 aliphatic carbocycles. The molecule has 0 saturated heterocycles. The minimum Gasteiger partial charge on any atom is -0.336 e. The Hall–Kier alpha value is -2.70. The first-order valence-corrected chi connectivity index (χ1v) is 8.99. The molecule has 2 amide bonds. The monoisotopic (exact) mass is 374 g/mol. The number of aryl methyl sites for hydroxylation is 1. The molecule has 0 saturated carbocycles. The van der Waals surface area contributed by atoms with Crippen molar-refractivity contribution >= 4 is 17.5 Å².